The molecule has 132 valence electrons. The average molecular weight is 366 g/mol. The number of benzene rings is 2. The number of H-pyrrole nitrogens is 1. The minimum Gasteiger partial charge on any atom is -0.272 e. The van der Waals surface area contributed by atoms with Crippen molar-refractivity contribution in [2.45, 2.75) is 5.75 Å². The second kappa shape index (κ2) is 8.35. The summed E-state index contributed by atoms with van der Waals surface area (Å²) in [6.45, 7) is 0. The molecule has 0 aliphatic rings. The van der Waals surface area contributed by atoms with Gasteiger partial charge in [-0.05, 0) is 30.0 Å². The number of carbonyl (C=O) groups is 2. The summed E-state index contributed by atoms with van der Waals surface area (Å²) in [5.41, 5.74) is 8.24. The molecule has 1 heterocycles. The number of nitrogens with zero attached hydrogens (tertiary/aromatic N) is 1. The van der Waals surface area contributed by atoms with Crippen molar-refractivity contribution in [2.24, 2.45) is 0 Å². The van der Waals surface area contributed by atoms with Crippen LogP contribution in [-0.4, -0.2) is 28.3 Å². The monoisotopic (exact) mass is 366 g/mol. The number of nitrogens with one attached hydrogen (secondary N) is 3. The normalized spacial score (nSPS) is 10.3. The zero-order chi connectivity index (χ0) is 18.4. The van der Waals surface area contributed by atoms with Crippen molar-refractivity contribution in [1.29, 1.82) is 0 Å². The molecule has 1 aromatic heterocycles. The number of aromatic amines is 1. The van der Waals surface area contributed by atoms with Crippen LogP contribution in [0.1, 0.15) is 26.4 Å². The molecular weight excluding hydrogens is 348 g/mol. The van der Waals surface area contributed by atoms with E-state index in [1.165, 1.54) is 0 Å². The average Bonchev–Trinajstić information content (AvgIpc) is 3.18. The van der Waals surface area contributed by atoms with Gasteiger partial charge in [0, 0.05) is 16.9 Å². The van der Waals surface area contributed by atoms with Crippen molar-refractivity contribution < 1.29 is 9.59 Å². The third-order valence-electron chi connectivity index (χ3n) is 3.71. The summed E-state index contributed by atoms with van der Waals surface area (Å²) < 4.78 is 0. The Labute approximate surface area is 155 Å². The molecule has 0 spiro atoms. The summed E-state index contributed by atoms with van der Waals surface area (Å²) in [6, 6.07) is 18.4. The van der Waals surface area contributed by atoms with Gasteiger partial charge in [0.05, 0.1) is 5.69 Å². The van der Waals surface area contributed by atoms with Gasteiger partial charge in [-0.15, -0.1) is 0 Å². The van der Waals surface area contributed by atoms with Gasteiger partial charge < -0.3 is 0 Å². The molecule has 0 saturated heterocycles. The Morgan fingerprint density at radius 1 is 1.00 bits per heavy atom. The second-order valence-electron chi connectivity index (χ2n) is 5.57. The Hall–Kier alpha value is -3.06. The van der Waals surface area contributed by atoms with E-state index in [0.29, 0.717) is 11.3 Å². The van der Waals surface area contributed by atoms with Gasteiger partial charge >= 0.3 is 0 Å². The minimum atomic E-state index is -0.466. The number of rotatable bonds is 5. The lowest BCUT2D eigenvalue weighted by Gasteiger charge is -2.07. The number of carbonyl (C=O) groups excluding carboxylic acids is 2. The van der Waals surface area contributed by atoms with E-state index in [1.807, 2.05) is 48.7 Å². The smallest absolute Gasteiger partial charge is 0.272 e. The Morgan fingerprint density at radius 2 is 1.69 bits per heavy atom. The highest BCUT2D eigenvalue weighted by molar-refractivity contribution is 7.97. The van der Waals surface area contributed by atoms with Gasteiger partial charge in [0.1, 0.15) is 5.69 Å². The number of hydrazine groups is 1. The fraction of sp³-hybridized carbons (Fsp3) is 0.105. The molecule has 0 aliphatic carbocycles. The maximum Gasteiger partial charge on any atom is 0.287 e. The largest absolute Gasteiger partial charge is 0.287 e. The van der Waals surface area contributed by atoms with E-state index in [2.05, 4.69) is 21.0 Å². The number of hydrogen-bond donors (Lipinski definition) is 3. The van der Waals surface area contributed by atoms with Crippen molar-refractivity contribution in [3.63, 3.8) is 0 Å². The first-order valence-electron chi connectivity index (χ1n) is 7.97. The van der Waals surface area contributed by atoms with Crippen LogP contribution in [0.2, 0.25) is 0 Å². The van der Waals surface area contributed by atoms with Gasteiger partial charge in [-0.1, -0.05) is 42.5 Å². The molecule has 3 rings (SSSR count). The van der Waals surface area contributed by atoms with Crippen LogP contribution in [-0.2, 0) is 5.75 Å². The SMILES string of the molecule is CSCc1ccc(C(=O)NNC(=O)c2cc(-c3ccccc3)n[nH]2)cc1. The Balaban J connectivity index is 1.58. The standard InChI is InChI=1S/C19H18N4O2S/c1-26-12-13-7-9-15(10-8-13)18(24)22-23-19(25)17-11-16(20-21-17)14-5-3-2-4-6-14/h2-11H,12H2,1H3,(H,20,21)(H,22,24)(H,23,25). The van der Waals surface area contributed by atoms with Crippen molar-refractivity contribution in [3.8, 4) is 11.3 Å². The van der Waals surface area contributed by atoms with Crippen molar-refractivity contribution in [3.05, 3.63) is 77.5 Å². The van der Waals surface area contributed by atoms with E-state index in [1.54, 1.807) is 30.0 Å². The predicted molar refractivity (Wildman–Crippen MR) is 103 cm³/mol. The zero-order valence-electron chi connectivity index (χ0n) is 14.2. The maximum atomic E-state index is 12.2. The molecule has 6 nitrogen and oxygen atoms in total. The van der Waals surface area contributed by atoms with Crippen molar-refractivity contribution in [1.82, 2.24) is 21.0 Å². The van der Waals surface area contributed by atoms with Gasteiger partial charge in [-0.3, -0.25) is 25.5 Å². The molecule has 0 radical (unpaired) electrons. The van der Waals surface area contributed by atoms with Crippen LogP contribution < -0.4 is 10.9 Å². The fourth-order valence-corrected chi connectivity index (χ4v) is 2.89. The maximum absolute atomic E-state index is 12.2. The van der Waals surface area contributed by atoms with Gasteiger partial charge in [0.2, 0.25) is 0 Å². The van der Waals surface area contributed by atoms with E-state index >= 15 is 0 Å². The number of amides is 2. The predicted octanol–water partition coefficient (Wildman–Crippen LogP) is 3.01. The molecule has 2 aromatic carbocycles. The van der Waals surface area contributed by atoms with Crippen LogP contribution in [0.25, 0.3) is 11.3 Å². The zero-order valence-corrected chi connectivity index (χ0v) is 15.0. The third kappa shape index (κ3) is 4.31. The van der Waals surface area contributed by atoms with Crippen LogP contribution in [0.4, 0.5) is 0 Å². The molecule has 3 N–H and O–H groups in total. The Bertz CT molecular complexity index is 891. The molecule has 2 amide bonds. The van der Waals surface area contributed by atoms with Crippen LogP contribution in [0.3, 0.4) is 0 Å². The third-order valence-corrected chi connectivity index (χ3v) is 4.33. The second-order valence-corrected chi connectivity index (χ2v) is 6.44. The summed E-state index contributed by atoms with van der Waals surface area (Å²) in [6.07, 6.45) is 2.02. The molecule has 0 aliphatic heterocycles. The molecule has 0 unspecified atom stereocenters. The van der Waals surface area contributed by atoms with E-state index < -0.39 is 5.91 Å². The first-order valence-corrected chi connectivity index (χ1v) is 9.36. The van der Waals surface area contributed by atoms with Crippen LogP contribution in [0, 0.1) is 0 Å². The van der Waals surface area contributed by atoms with Gasteiger partial charge in [0.15, 0.2) is 0 Å². The Morgan fingerprint density at radius 3 is 2.38 bits per heavy atom. The highest BCUT2D eigenvalue weighted by Gasteiger charge is 2.12. The van der Waals surface area contributed by atoms with E-state index in [-0.39, 0.29) is 11.6 Å². The van der Waals surface area contributed by atoms with Gasteiger partial charge in [0.25, 0.3) is 11.8 Å². The molecule has 0 atom stereocenters. The summed E-state index contributed by atoms with van der Waals surface area (Å²) in [5, 5.41) is 6.79. The summed E-state index contributed by atoms with van der Waals surface area (Å²) in [7, 11) is 0. The first kappa shape index (κ1) is 17.8. The first-order chi connectivity index (χ1) is 12.7. The number of thioether (sulfide) groups is 1. The molecule has 3 aromatic rings. The lowest BCUT2D eigenvalue weighted by molar-refractivity contribution is 0.0844. The van der Waals surface area contributed by atoms with E-state index in [4.69, 9.17) is 0 Å². The molecule has 0 saturated carbocycles. The number of aromatic nitrogens is 2. The quantitative estimate of drug-likeness (QED) is 0.606. The molecular formula is C19H18N4O2S. The Kier molecular flexibility index (Phi) is 5.70. The van der Waals surface area contributed by atoms with E-state index in [9.17, 15) is 9.59 Å². The lowest BCUT2D eigenvalue weighted by atomic mass is 10.1. The minimum absolute atomic E-state index is 0.263. The summed E-state index contributed by atoms with van der Waals surface area (Å²) in [5.74, 6) is 0.0475. The fourth-order valence-electron chi connectivity index (χ4n) is 2.37. The molecule has 26 heavy (non-hydrogen) atoms. The van der Waals surface area contributed by atoms with Crippen molar-refractivity contribution in [2.75, 3.05) is 6.26 Å². The highest BCUT2D eigenvalue weighted by atomic mass is 32.2. The summed E-state index contributed by atoms with van der Waals surface area (Å²) >= 11 is 1.71. The summed E-state index contributed by atoms with van der Waals surface area (Å²) in [4.78, 5) is 24.3. The van der Waals surface area contributed by atoms with Gasteiger partial charge in [-0.2, -0.15) is 16.9 Å². The molecule has 0 bridgehead atoms. The van der Waals surface area contributed by atoms with Crippen LogP contribution >= 0.6 is 11.8 Å². The lowest BCUT2D eigenvalue weighted by Crippen LogP contribution is -2.41. The van der Waals surface area contributed by atoms with Crippen molar-refractivity contribution >= 4 is 23.6 Å². The van der Waals surface area contributed by atoms with Gasteiger partial charge in [-0.25, -0.2) is 0 Å². The van der Waals surface area contributed by atoms with Crippen LogP contribution in [0.5, 0.6) is 0 Å². The molecule has 7 heteroatoms. The number of hydrogen-bond acceptors (Lipinski definition) is 4. The van der Waals surface area contributed by atoms with E-state index in [0.717, 1.165) is 16.9 Å². The molecule has 0 fully saturated rings. The van der Waals surface area contributed by atoms with Crippen LogP contribution in [0.15, 0.2) is 60.7 Å². The highest BCUT2D eigenvalue weighted by Crippen LogP contribution is 2.16. The topological polar surface area (TPSA) is 86.9 Å².